The van der Waals surface area contributed by atoms with Crippen LogP contribution in [0.2, 0.25) is 0 Å². The van der Waals surface area contributed by atoms with E-state index < -0.39 is 0 Å². The fourth-order valence-electron chi connectivity index (χ4n) is 6.55. The fourth-order valence-corrected chi connectivity index (χ4v) is 6.55. The standard InChI is InChI=1S/C20H31NO/c1-10-13-7-12(19(10,3)4)8-15(13)17-16-9-14(18(17)21-22)11(2)20(16,5)6/h10-14,16,22H,7-9H2,1-6H3/b17-15-,21-18-/t10-,11-,12+,13-,14+,16-/m0/s1. The number of allylic oxidation sites excluding steroid dienone is 2. The van der Waals surface area contributed by atoms with Gasteiger partial charge in [-0.05, 0) is 65.3 Å². The third kappa shape index (κ3) is 1.50. The molecule has 0 radical (unpaired) electrons. The summed E-state index contributed by atoms with van der Waals surface area (Å²) in [5.41, 5.74) is 5.06. The maximum absolute atomic E-state index is 9.70. The van der Waals surface area contributed by atoms with Crippen LogP contribution in [0.5, 0.6) is 0 Å². The van der Waals surface area contributed by atoms with Crippen LogP contribution in [0.4, 0.5) is 0 Å². The molecular formula is C20H31NO. The molecule has 4 aliphatic carbocycles. The molecule has 0 unspecified atom stereocenters. The maximum atomic E-state index is 9.70. The van der Waals surface area contributed by atoms with E-state index in [1.165, 1.54) is 24.8 Å². The van der Waals surface area contributed by atoms with Crippen molar-refractivity contribution in [3.05, 3.63) is 11.1 Å². The van der Waals surface area contributed by atoms with Gasteiger partial charge in [-0.25, -0.2) is 0 Å². The van der Waals surface area contributed by atoms with Crippen LogP contribution in [0.25, 0.3) is 0 Å². The second-order valence-electron chi connectivity index (χ2n) is 9.78. The van der Waals surface area contributed by atoms with Crippen LogP contribution in [0.1, 0.15) is 60.8 Å². The first-order valence-electron chi connectivity index (χ1n) is 9.16. The van der Waals surface area contributed by atoms with Crippen molar-refractivity contribution in [2.24, 2.45) is 51.5 Å². The Labute approximate surface area is 135 Å². The van der Waals surface area contributed by atoms with Gasteiger partial charge in [0.05, 0.1) is 5.71 Å². The van der Waals surface area contributed by atoms with Crippen molar-refractivity contribution >= 4 is 5.71 Å². The molecule has 4 bridgehead atoms. The minimum atomic E-state index is 0.349. The van der Waals surface area contributed by atoms with Gasteiger partial charge in [0.2, 0.25) is 0 Å². The zero-order valence-corrected chi connectivity index (χ0v) is 15.0. The summed E-state index contributed by atoms with van der Waals surface area (Å²) in [5.74, 6) is 4.04. The lowest BCUT2D eigenvalue weighted by Gasteiger charge is -2.42. The lowest BCUT2D eigenvalue weighted by molar-refractivity contribution is 0.160. The Kier molecular flexibility index (Phi) is 2.81. The lowest BCUT2D eigenvalue weighted by Crippen LogP contribution is -2.37. The summed E-state index contributed by atoms with van der Waals surface area (Å²) < 4.78 is 0. The molecule has 2 nitrogen and oxygen atoms in total. The first-order valence-corrected chi connectivity index (χ1v) is 9.16. The zero-order valence-electron chi connectivity index (χ0n) is 15.0. The summed E-state index contributed by atoms with van der Waals surface area (Å²) in [6, 6.07) is 0. The van der Waals surface area contributed by atoms with Crippen molar-refractivity contribution in [3.63, 3.8) is 0 Å². The van der Waals surface area contributed by atoms with Crippen LogP contribution >= 0.6 is 0 Å². The third-order valence-electron chi connectivity index (χ3n) is 8.88. The average molecular weight is 301 g/mol. The predicted octanol–water partition coefficient (Wildman–Crippen LogP) is 5.13. The molecule has 0 aromatic carbocycles. The SMILES string of the molecule is C[C@H]1[C@@H]2C[C@H](C/C2=C2/C(=N\O)[C@@H]3C[C@@H]2C(C)(C)[C@H]3C)C1(C)C. The van der Waals surface area contributed by atoms with Gasteiger partial charge in [-0.1, -0.05) is 52.3 Å². The van der Waals surface area contributed by atoms with Gasteiger partial charge in [0.25, 0.3) is 0 Å². The molecule has 0 saturated heterocycles. The largest absolute Gasteiger partial charge is 0.411 e. The Balaban J connectivity index is 1.81. The number of hydrogen-bond acceptors (Lipinski definition) is 2. The molecule has 0 heterocycles. The molecule has 4 aliphatic rings. The van der Waals surface area contributed by atoms with E-state index in [1.807, 2.05) is 0 Å². The Hall–Kier alpha value is -0.790. The van der Waals surface area contributed by atoms with Crippen LogP contribution in [0, 0.1) is 46.3 Å². The van der Waals surface area contributed by atoms with Crippen LogP contribution < -0.4 is 0 Å². The second kappa shape index (κ2) is 4.19. The van der Waals surface area contributed by atoms with Gasteiger partial charge in [0, 0.05) is 5.92 Å². The zero-order chi connectivity index (χ0) is 16.0. The van der Waals surface area contributed by atoms with Gasteiger partial charge in [0.1, 0.15) is 0 Å². The van der Waals surface area contributed by atoms with Crippen molar-refractivity contribution in [1.82, 2.24) is 0 Å². The van der Waals surface area contributed by atoms with Gasteiger partial charge < -0.3 is 5.21 Å². The van der Waals surface area contributed by atoms with Gasteiger partial charge in [-0.3, -0.25) is 0 Å². The van der Waals surface area contributed by atoms with Crippen molar-refractivity contribution in [2.45, 2.75) is 60.8 Å². The van der Waals surface area contributed by atoms with Crippen LogP contribution in [0.3, 0.4) is 0 Å². The summed E-state index contributed by atoms with van der Waals surface area (Å²) in [7, 11) is 0. The van der Waals surface area contributed by atoms with E-state index >= 15 is 0 Å². The summed E-state index contributed by atoms with van der Waals surface area (Å²) in [6.45, 7) is 14.6. The third-order valence-corrected chi connectivity index (χ3v) is 8.88. The highest BCUT2D eigenvalue weighted by Gasteiger charge is 2.60. The summed E-state index contributed by atoms with van der Waals surface area (Å²) in [6.07, 6.45) is 3.82. The van der Waals surface area contributed by atoms with Gasteiger partial charge in [-0.15, -0.1) is 0 Å². The van der Waals surface area contributed by atoms with E-state index in [-0.39, 0.29) is 0 Å². The average Bonchev–Trinajstić information content (AvgIpc) is 3.14. The number of oxime groups is 1. The quantitative estimate of drug-likeness (QED) is 0.488. The van der Waals surface area contributed by atoms with E-state index in [2.05, 4.69) is 46.7 Å². The number of hydrogen-bond donors (Lipinski definition) is 1. The van der Waals surface area contributed by atoms with Gasteiger partial charge in [0.15, 0.2) is 0 Å². The van der Waals surface area contributed by atoms with E-state index in [0.29, 0.717) is 28.6 Å². The molecule has 0 aliphatic heterocycles. The van der Waals surface area contributed by atoms with Crippen LogP contribution in [-0.4, -0.2) is 10.9 Å². The molecule has 4 fully saturated rings. The van der Waals surface area contributed by atoms with Crippen LogP contribution in [-0.2, 0) is 0 Å². The van der Waals surface area contributed by atoms with E-state index in [4.69, 9.17) is 0 Å². The normalized spacial score (nSPS) is 52.9. The van der Waals surface area contributed by atoms with Crippen molar-refractivity contribution in [1.29, 1.82) is 0 Å². The lowest BCUT2D eigenvalue weighted by atomic mass is 9.62. The number of nitrogens with zero attached hydrogens (tertiary/aromatic N) is 1. The van der Waals surface area contributed by atoms with Crippen molar-refractivity contribution < 1.29 is 5.21 Å². The predicted molar refractivity (Wildman–Crippen MR) is 89.9 cm³/mol. The Bertz CT molecular complexity index is 579. The van der Waals surface area contributed by atoms with Crippen molar-refractivity contribution in [3.8, 4) is 0 Å². The molecular weight excluding hydrogens is 270 g/mol. The smallest absolute Gasteiger partial charge is 0.0864 e. The summed E-state index contributed by atoms with van der Waals surface area (Å²) in [4.78, 5) is 0. The maximum Gasteiger partial charge on any atom is 0.0864 e. The Morgan fingerprint density at radius 3 is 2.14 bits per heavy atom. The van der Waals surface area contributed by atoms with Crippen LogP contribution in [0.15, 0.2) is 16.3 Å². The molecule has 22 heavy (non-hydrogen) atoms. The molecule has 4 rings (SSSR count). The monoisotopic (exact) mass is 301 g/mol. The molecule has 1 N–H and O–H groups in total. The van der Waals surface area contributed by atoms with E-state index in [1.54, 1.807) is 5.57 Å². The first-order chi connectivity index (χ1) is 10.2. The highest BCUT2D eigenvalue weighted by atomic mass is 16.4. The second-order valence-corrected chi connectivity index (χ2v) is 9.78. The molecule has 0 spiro atoms. The summed E-state index contributed by atoms with van der Waals surface area (Å²) in [5, 5.41) is 13.5. The Morgan fingerprint density at radius 2 is 1.59 bits per heavy atom. The summed E-state index contributed by atoms with van der Waals surface area (Å²) >= 11 is 0. The fraction of sp³-hybridized carbons (Fsp3) is 0.850. The van der Waals surface area contributed by atoms with Gasteiger partial charge in [-0.2, -0.15) is 0 Å². The molecule has 0 aromatic rings. The minimum absolute atomic E-state index is 0.349. The minimum Gasteiger partial charge on any atom is -0.411 e. The van der Waals surface area contributed by atoms with Gasteiger partial charge >= 0.3 is 0 Å². The number of rotatable bonds is 0. The highest BCUT2D eigenvalue weighted by Crippen LogP contribution is 2.66. The molecule has 0 aromatic heterocycles. The molecule has 6 atom stereocenters. The molecule has 4 saturated carbocycles. The van der Waals surface area contributed by atoms with E-state index in [0.717, 1.165) is 23.5 Å². The highest BCUT2D eigenvalue weighted by molar-refractivity contribution is 6.06. The molecule has 0 amide bonds. The van der Waals surface area contributed by atoms with E-state index in [9.17, 15) is 5.21 Å². The van der Waals surface area contributed by atoms with Crippen molar-refractivity contribution in [2.75, 3.05) is 0 Å². The number of fused-ring (bicyclic) bond motifs is 4. The molecule has 122 valence electrons. The Morgan fingerprint density at radius 1 is 0.955 bits per heavy atom. The topological polar surface area (TPSA) is 32.6 Å². The molecule has 2 heteroatoms. The first kappa shape index (κ1) is 14.8.